The molecule has 0 radical (unpaired) electrons. The average Bonchev–Trinajstić information content (AvgIpc) is 2.86. The van der Waals surface area contributed by atoms with Crippen LogP contribution in [0.5, 0.6) is 0 Å². The molecule has 0 saturated heterocycles. The lowest BCUT2D eigenvalue weighted by Crippen LogP contribution is -2.12. The number of carbonyl (C=O) groups is 1. The molecule has 2 rings (SSSR count). The first kappa shape index (κ1) is 13.9. The Bertz CT molecular complexity index is 739. The number of rotatable bonds is 3. The summed E-state index contributed by atoms with van der Waals surface area (Å²) in [6.45, 7) is 1.94. The molecule has 1 amide bonds. The molecule has 20 heavy (non-hydrogen) atoms. The lowest BCUT2D eigenvalue weighted by Gasteiger charge is -2.02. The van der Waals surface area contributed by atoms with Crippen LogP contribution in [0.1, 0.15) is 11.3 Å². The minimum Gasteiger partial charge on any atom is -0.457 e. The van der Waals surface area contributed by atoms with Crippen LogP contribution in [0.4, 0.5) is 0 Å². The van der Waals surface area contributed by atoms with Crippen molar-refractivity contribution in [3.8, 4) is 17.4 Å². The maximum atomic E-state index is 11.0. The first-order valence-corrected chi connectivity index (χ1v) is 6.17. The topological polar surface area (TPSA) is 80.0 Å². The molecule has 0 bridgehead atoms. The van der Waals surface area contributed by atoms with E-state index in [-0.39, 0.29) is 5.57 Å². The van der Waals surface area contributed by atoms with E-state index in [1.54, 1.807) is 30.3 Å². The minimum absolute atomic E-state index is 0.159. The van der Waals surface area contributed by atoms with Gasteiger partial charge in [-0.2, -0.15) is 5.26 Å². The molecule has 0 spiro atoms. The number of halogens is 1. The molecule has 5 heteroatoms. The fraction of sp³-hybridized carbons (Fsp3) is 0.0667. The van der Waals surface area contributed by atoms with Gasteiger partial charge in [-0.15, -0.1) is 0 Å². The van der Waals surface area contributed by atoms with Crippen LogP contribution in [-0.2, 0) is 4.79 Å². The van der Waals surface area contributed by atoms with Gasteiger partial charge in [0.2, 0.25) is 0 Å². The Labute approximate surface area is 121 Å². The van der Waals surface area contributed by atoms with Gasteiger partial charge >= 0.3 is 0 Å². The molecule has 0 aliphatic rings. The monoisotopic (exact) mass is 286 g/mol. The molecular formula is C15H11ClN2O2. The normalized spacial score (nSPS) is 11.2. The molecule has 0 atom stereocenters. The van der Waals surface area contributed by atoms with E-state index < -0.39 is 5.91 Å². The highest BCUT2D eigenvalue weighted by Gasteiger charge is 2.09. The highest BCUT2D eigenvalue weighted by molar-refractivity contribution is 6.30. The molecule has 2 aromatic rings. The quantitative estimate of drug-likeness (QED) is 0.694. The number of hydrogen-bond acceptors (Lipinski definition) is 3. The van der Waals surface area contributed by atoms with Crippen LogP contribution in [0.15, 0.2) is 40.3 Å². The third-order valence-corrected chi connectivity index (χ3v) is 3.00. The Morgan fingerprint density at radius 2 is 2.15 bits per heavy atom. The summed E-state index contributed by atoms with van der Waals surface area (Å²) in [5, 5.41) is 9.39. The summed E-state index contributed by atoms with van der Waals surface area (Å²) >= 11 is 5.96. The van der Waals surface area contributed by atoms with Crippen LogP contribution >= 0.6 is 11.6 Å². The fourth-order valence-corrected chi connectivity index (χ4v) is 1.91. The molecule has 100 valence electrons. The van der Waals surface area contributed by atoms with Crippen molar-refractivity contribution in [3.05, 3.63) is 52.3 Å². The van der Waals surface area contributed by atoms with Gasteiger partial charge in [-0.25, -0.2) is 0 Å². The molecule has 0 unspecified atom stereocenters. The van der Waals surface area contributed by atoms with Gasteiger partial charge < -0.3 is 10.2 Å². The summed E-state index contributed by atoms with van der Waals surface area (Å²) in [4.78, 5) is 11.0. The number of amides is 1. The number of primary amides is 1. The zero-order chi connectivity index (χ0) is 14.7. The van der Waals surface area contributed by atoms with E-state index >= 15 is 0 Å². The van der Waals surface area contributed by atoms with Crippen molar-refractivity contribution in [1.29, 1.82) is 5.26 Å². The molecule has 0 aliphatic heterocycles. The van der Waals surface area contributed by atoms with Gasteiger partial charge in [-0.1, -0.05) is 17.7 Å². The van der Waals surface area contributed by atoms with Gasteiger partial charge in [0.25, 0.3) is 5.91 Å². The van der Waals surface area contributed by atoms with Crippen LogP contribution in [0.3, 0.4) is 0 Å². The number of nitriles is 1. The number of aryl methyl sites for hydroxylation is 1. The first-order valence-electron chi connectivity index (χ1n) is 5.79. The molecule has 1 heterocycles. The van der Waals surface area contributed by atoms with Crippen molar-refractivity contribution in [2.75, 3.05) is 0 Å². The van der Waals surface area contributed by atoms with E-state index in [4.69, 9.17) is 27.0 Å². The molecule has 0 aliphatic carbocycles. The van der Waals surface area contributed by atoms with E-state index in [1.807, 2.05) is 13.0 Å². The SMILES string of the molecule is Cc1ccc(Cl)cc1-c1ccc(/C=C(\C#N)C(N)=O)o1. The van der Waals surface area contributed by atoms with Crippen LogP contribution in [-0.4, -0.2) is 5.91 Å². The van der Waals surface area contributed by atoms with Crippen LogP contribution in [0.25, 0.3) is 17.4 Å². The Hall–Kier alpha value is -2.51. The lowest BCUT2D eigenvalue weighted by atomic mass is 10.1. The van der Waals surface area contributed by atoms with Crippen molar-refractivity contribution in [2.24, 2.45) is 5.73 Å². The second kappa shape index (κ2) is 5.64. The lowest BCUT2D eigenvalue weighted by molar-refractivity contribution is -0.114. The largest absolute Gasteiger partial charge is 0.457 e. The number of furan rings is 1. The second-order valence-electron chi connectivity index (χ2n) is 4.20. The van der Waals surface area contributed by atoms with Gasteiger partial charge in [0, 0.05) is 16.7 Å². The number of hydrogen-bond donors (Lipinski definition) is 1. The molecule has 1 aromatic carbocycles. The Kier molecular flexibility index (Phi) is 3.92. The number of nitrogens with zero attached hydrogens (tertiary/aromatic N) is 1. The van der Waals surface area contributed by atoms with E-state index in [2.05, 4.69) is 0 Å². The van der Waals surface area contributed by atoms with E-state index in [9.17, 15) is 4.79 Å². The summed E-state index contributed by atoms with van der Waals surface area (Å²) in [6, 6.07) is 10.6. The zero-order valence-corrected chi connectivity index (χ0v) is 11.4. The van der Waals surface area contributed by atoms with Gasteiger partial charge in [0.1, 0.15) is 23.2 Å². The number of benzene rings is 1. The van der Waals surface area contributed by atoms with Gasteiger partial charge in [0.15, 0.2) is 0 Å². The molecule has 4 nitrogen and oxygen atoms in total. The zero-order valence-electron chi connectivity index (χ0n) is 10.7. The van der Waals surface area contributed by atoms with E-state index in [0.717, 1.165) is 11.1 Å². The molecule has 1 aromatic heterocycles. The van der Waals surface area contributed by atoms with Gasteiger partial charge in [-0.05, 0) is 36.8 Å². The third-order valence-electron chi connectivity index (χ3n) is 2.76. The maximum absolute atomic E-state index is 11.0. The summed E-state index contributed by atoms with van der Waals surface area (Å²) in [5.74, 6) is 0.206. The predicted molar refractivity (Wildman–Crippen MR) is 76.7 cm³/mol. The molecule has 0 fully saturated rings. The van der Waals surface area contributed by atoms with Crippen molar-refractivity contribution in [1.82, 2.24) is 0 Å². The van der Waals surface area contributed by atoms with Crippen molar-refractivity contribution in [2.45, 2.75) is 6.92 Å². The van der Waals surface area contributed by atoms with Gasteiger partial charge in [0.05, 0.1) is 0 Å². The summed E-state index contributed by atoms with van der Waals surface area (Å²) in [5.41, 5.74) is 6.77. The first-order chi connectivity index (χ1) is 9.51. The standard InChI is InChI=1S/C15H11ClN2O2/c1-9-2-3-11(16)7-13(9)14-5-4-12(20-14)6-10(8-17)15(18)19/h2-7H,1H3,(H2,18,19)/b10-6+. The second-order valence-corrected chi connectivity index (χ2v) is 4.63. The Morgan fingerprint density at radius 1 is 1.40 bits per heavy atom. The minimum atomic E-state index is -0.788. The number of carbonyl (C=O) groups excluding carboxylic acids is 1. The maximum Gasteiger partial charge on any atom is 0.259 e. The van der Waals surface area contributed by atoms with Crippen LogP contribution in [0.2, 0.25) is 5.02 Å². The molecule has 0 saturated carbocycles. The van der Waals surface area contributed by atoms with Crippen LogP contribution < -0.4 is 5.73 Å². The molecular weight excluding hydrogens is 276 g/mol. The predicted octanol–water partition coefficient (Wildman–Crippen LogP) is 3.30. The number of nitrogens with two attached hydrogens (primary N) is 1. The average molecular weight is 287 g/mol. The summed E-state index contributed by atoms with van der Waals surface area (Å²) in [6.07, 6.45) is 1.31. The van der Waals surface area contributed by atoms with Crippen LogP contribution in [0, 0.1) is 18.3 Å². The fourth-order valence-electron chi connectivity index (χ4n) is 1.74. The van der Waals surface area contributed by atoms with Crippen molar-refractivity contribution < 1.29 is 9.21 Å². The smallest absolute Gasteiger partial charge is 0.259 e. The Balaban J connectivity index is 2.42. The Morgan fingerprint density at radius 3 is 2.80 bits per heavy atom. The highest BCUT2D eigenvalue weighted by Crippen LogP contribution is 2.28. The third kappa shape index (κ3) is 2.90. The summed E-state index contributed by atoms with van der Waals surface area (Å²) < 4.78 is 5.59. The summed E-state index contributed by atoms with van der Waals surface area (Å²) in [7, 11) is 0. The highest BCUT2D eigenvalue weighted by atomic mass is 35.5. The van der Waals surface area contributed by atoms with Gasteiger partial charge in [-0.3, -0.25) is 4.79 Å². The van der Waals surface area contributed by atoms with E-state index in [1.165, 1.54) is 6.08 Å². The van der Waals surface area contributed by atoms with Crippen molar-refractivity contribution >= 4 is 23.6 Å². The molecule has 2 N–H and O–H groups in total. The van der Waals surface area contributed by atoms with E-state index in [0.29, 0.717) is 16.5 Å². The van der Waals surface area contributed by atoms with Crippen molar-refractivity contribution in [3.63, 3.8) is 0 Å².